The number of hydrogen-bond acceptors (Lipinski definition) is 14. The normalized spacial score (nSPS) is 14.6. The summed E-state index contributed by atoms with van der Waals surface area (Å²) in [7, 11) is 1.28. The molecule has 2 aliphatic heterocycles. The van der Waals surface area contributed by atoms with Gasteiger partial charge in [-0.25, -0.2) is 0 Å². The number of halogens is 4. The average Bonchev–Trinajstić information content (AvgIpc) is 3.24. The number of methoxy groups -OCH3 is 1. The van der Waals surface area contributed by atoms with Crippen molar-refractivity contribution in [1.29, 1.82) is 0 Å². The third-order valence-corrected chi connectivity index (χ3v) is 12.0. The predicted octanol–water partition coefficient (Wildman–Crippen LogP) is 8.50. The molecule has 0 atom stereocenters. The number of phenolic OH excluding ortho intramolecular Hbond substituents is 3. The number of aromatic hydroxyl groups is 3. The van der Waals surface area contributed by atoms with Crippen LogP contribution in [0.1, 0.15) is 46.4 Å². The summed E-state index contributed by atoms with van der Waals surface area (Å²) >= 11 is 24.8. The molecule has 326 valence electrons. The maximum atomic E-state index is 12.5. The van der Waals surface area contributed by atoms with Crippen LogP contribution in [-0.2, 0) is 0 Å². The molecule has 2 heterocycles. The molecule has 3 N–H and O–H groups in total. The minimum atomic E-state index is -0.839. The summed E-state index contributed by atoms with van der Waals surface area (Å²) in [5.74, 6) is -2.74. The number of carbonyl (C=O) groups excluding carboxylic acids is 2. The predicted molar refractivity (Wildman–Crippen MR) is 235 cm³/mol. The SMILES string of the molecule is COc1cc(C(=O)CCCN2CCN(c3cccc(Cl)c3Cl)CC2)cc([N+](=O)[O-])c1O.O=C(CCCN1CCN(c2cccc(Cl)c2Cl)CC1)c1cc(O)c(O)c([N+](=O)[O-])c1. The number of carbonyl (C=O) groups is 2. The Morgan fingerprint density at radius 2 is 1.05 bits per heavy atom. The molecule has 61 heavy (non-hydrogen) atoms. The van der Waals surface area contributed by atoms with Crippen LogP contribution in [0.15, 0.2) is 60.7 Å². The smallest absolute Gasteiger partial charge is 0.315 e. The van der Waals surface area contributed by atoms with Crippen LogP contribution in [-0.4, -0.2) is 119 Å². The van der Waals surface area contributed by atoms with Crippen molar-refractivity contribution in [3.63, 3.8) is 0 Å². The van der Waals surface area contributed by atoms with Gasteiger partial charge in [0.1, 0.15) is 0 Å². The topological polar surface area (TPSA) is 203 Å². The Balaban J connectivity index is 0.000000231. The third kappa shape index (κ3) is 12.1. The number of nitrogens with zero attached hydrogens (tertiary/aromatic N) is 6. The fourth-order valence-corrected chi connectivity index (χ4v) is 7.90. The number of nitro benzene ring substituents is 2. The lowest BCUT2D eigenvalue weighted by Gasteiger charge is -2.36. The molecule has 2 aliphatic rings. The molecule has 0 aliphatic carbocycles. The number of Topliss-reactive ketones (excluding diaryl/α,β-unsaturated/α-hetero) is 2. The van der Waals surface area contributed by atoms with Crippen molar-refractivity contribution in [3.8, 4) is 23.0 Å². The first kappa shape index (κ1) is 47.0. The summed E-state index contributed by atoms with van der Waals surface area (Å²) in [5.41, 5.74) is 0.770. The van der Waals surface area contributed by atoms with Crippen LogP contribution < -0.4 is 14.5 Å². The number of benzene rings is 4. The van der Waals surface area contributed by atoms with Gasteiger partial charge in [0.15, 0.2) is 23.1 Å². The summed E-state index contributed by atoms with van der Waals surface area (Å²) < 4.78 is 4.95. The maximum Gasteiger partial charge on any atom is 0.315 e. The molecule has 2 saturated heterocycles. The van der Waals surface area contributed by atoms with Crippen molar-refractivity contribution in [2.75, 3.05) is 82.4 Å². The zero-order valence-electron chi connectivity index (χ0n) is 33.1. The van der Waals surface area contributed by atoms with Crippen molar-refractivity contribution in [1.82, 2.24) is 9.80 Å². The standard InChI is InChI=1S/C21H23Cl2N3O5.C20H21Cl2N3O5/c1-31-19-13-14(12-17(21(19)28)26(29)30)18(27)6-3-7-24-8-10-25(11-9-24)16-5-2-4-15(22)20(16)23;21-14-3-1-4-15(19(14)22)24-9-7-23(8-10-24)6-2-5-17(26)13-11-16(25(29)30)20(28)18(27)12-13/h2,4-5,12-13,28H,3,6-11H2,1H3;1,3-4,11-12,27-28H,2,5-10H2. The number of nitro groups is 2. The Morgan fingerprint density at radius 3 is 1.46 bits per heavy atom. The summed E-state index contributed by atoms with van der Waals surface area (Å²) in [4.78, 5) is 54.2. The molecule has 6 rings (SSSR count). The second-order valence-corrected chi connectivity index (χ2v) is 15.9. The quantitative estimate of drug-likeness (QED) is 0.0443. The summed E-state index contributed by atoms with van der Waals surface area (Å²) in [6.07, 6.45) is 1.62. The highest BCUT2D eigenvalue weighted by Gasteiger charge is 2.25. The maximum absolute atomic E-state index is 12.5. The van der Waals surface area contributed by atoms with Crippen molar-refractivity contribution in [2.45, 2.75) is 25.7 Å². The van der Waals surface area contributed by atoms with Gasteiger partial charge in [0.2, 0.25) is 11.5 Å². The van der Waals surface area contributed by atoms with Gasteiger partial charge in [-0.15, -0.1) is 0 Å². The fraction of sp³-hybridized carbons (Fsp3) is 0.366. The lowest BCUT2D eigenvalue weighted by molar-refractivity contribution is -0.386. The molecule has 4 aromatic rings. The molecule has 2 fully saturated rings. The first-order valence-electron chi connectivity index (χ1n) is 19.2. The largest absolute Gasteiger partial charge is 0.504 e. The van der Waals surface area contributed by atoms with Gasteiger partial charge >= 0.3 is 11.4 Å². The van der Waals surface area contributed by atoms with E-state index in [2.05, 4.69) is 19.6 Å². The van der Waals surface area contributed by atoms with Gasteiger partial charge in [-0.1, -0.05) is 58.5 Å². The molecule has 0 saturated carbocycles. The lowest BCUT2D eigenvalue weighted by atomic mass is 10.0. The van der Waals surface area contributed by atoms with Crippen LogP contribution in [0.4, 0.5) is 22.7 Å². The molecule has 20 heteroatoms. The Bertz CT molecular complexity index is 2250. The minimum Gasteiger partial charge on any atom is -0.504 e. The van der Waals surface area contributed by atoms with E-state index in [-0.39, 0.29) is 41.3 Å². The summed E-state index contributed by atoms with van der Waals surface area (Å²) in [5, 5.41) is 53.2. The molecule has 0 spiro atoms. The van der Waals surface area contributed by atoms with Crippen LogP contribution in [0.2, 0.25) is 20.1 Å². The van der Waals surface area contributed by atoms with Crippen LogP contribution >= 0.6 is 46.4 Å². The second-order valence-electron chi connectivity index (χ2n) is 14.3. The van der Waals surface area contributed by atoms with E-state index in [9.17, 15) is 45.1 Å². The summed E-state index contributed by atoms with van der Waals surface area (Å²) in [6.45, 7) is 7.88. The first-order valence-corrected chi connectivity index (χ1v) is 20.8. The van der Waals surface area contributed by atoms with Gasteiger partial charge < -0.3 is 29.9 Å². The van der Waals surface area contributed by atoms with E-state index in [0.717, 1.165) is 88.5 Å². The highest BCUT2D eigenvalue weighted by atomic mass is 35.5. The Labute approximate surface area is 371 Å². The van der Waals surface area contributed by atoms with Crippen molar-refractivity contribution in [2.24, 2.45) is 0 Å². The van der Waals surface area contributed by atoms with E-state index in [4.69, 9.17) is 51.1 Å². The summed E-state index contributed by atoms with van der Waals surface area (Å²) in [6, 6.07) is 15.6. The molecule has 0 aromatic heterocycles. The van der Waals surface area contributed by atoms with E-state index in [0.29, 0.717) is 39.5 Å². The van der Waals surface area contributed by atoms with Gasteiger partial charge in [0.25, 0.3) is 0 Å². The average molecular weight is 923 g/mol. The number of ketones is 2. The van der Waals surface area contributed by atoms with Crippen molar-refractivity contribution in [3.05, 3.63) is 112 Å². The van der Waals surface area contributed by atoms with Crippen LogP contribution in [0, 0.1) is 20.2 Å². The molecular weight excluding hydrogens is 878 g/mol. The molecule has 4 aromatic carbocycles. The van der Waals surface area contributed by atoms with E-state index < -0.39 is 38.5 Å². The second kappa shape index (κ2) is 21.6. The first-order chi connectivity index (χ1) is 29.1. The molecule has 0 bridgehead atoms. The zero-order valence-corrected chi connectivity index (χ0v) is 36.1. The highest BCUT2D eigenvalue weighted by molar-refractivity contribution is 6.44. The molecular formula is C41H44Cl4N6O10. The van der Waals surface area contributed by atoms with Crippen molar-refractivity contribution < 1.29 is 39.5 Å². The fourth-order valence-electron chi connectivity index (χ4n) is 7.07. The van der Waals surface area contributed by atoms with Gasteiger partial charge in [-0.05, 0) is 62.3 Å². The van der Waals surface area contributed by atoms with Crippen molar-refractivity contribution >= 4 is 80.7 Å². The van der Waals surface area contributed by atoms with E-state index >= 15 is 0 Å². The number of rotatable bonds is 15. The molecule has 0 amide bonds. The highest BCUT2D eigenvalue weighted by Crippen LogP contribution is 2.39. The third-order valence-electron chi connectivity index (χ3n) is 10.4. The van der Waals surface area contributed by atoms with E-state index in [1.807, 2.05) is 24.3 Å². The number of ether oxygens (including phenoxy) is 1. The molecule has 0 unspecified atom stereocenters. The van der Waals surface area contributed by atoms with Crippen LogP contribution in [0.5, 0.6) is 23.0 Å². The zero-order chi connectivity index (χ0) is 44.4. The monoisotopic (exact) mass is 920 g/mol. The van der Waals surface area contributed by atoms with Gasteiger partial charge in [-0.2, -0.15) is 0 Å². The van der Waals surface area contributed by atoms with Crippen LogP contribution in [0.3, 0.4) is 0 Å². The lowest BCUT2D eigenvalue weighted by Crippen LogP contribution is -2.46. The van der Waals surface area contributed by atoms with E-state index in [1.165, 1.54) is 13.2 Å². The van der Waals surface area contributed by atoms with Gasteiger partial charge in [-0.3, -0.25) is 39.6 Å². The molecule has 0 radical (unpaired) electrons. The Morgan fingerprint density at radius 1 is 0.639 bits per heavy atom. The number of phenols is 3. The minimum absolute atomic E-state index is 0.0115. The van der Waals surface area contributed by atoms with Gasteiger partial charge in [0.05, 0.1) is 48.4 Å². The number of anilines is 2. The van der Waals surface area contributed by atoms with Gasteiger partial charge in [0, 0.05) is 88.5 Å². The Kier molecular flexibility index (Phi) is 16.6. The number of hydrogen-bond donors (Lipinski definition) is 3. The Hall–Kier alpha value is -5.10. The molecule has 16 nitrogen and oxygen atoms in total. The number of piperazine rings is 2. The van der Waals surface area contributed by atoms with Crippen LogP contribution in [0.25, 0.3) is 0 Å². The van der Waals surface area contributed by atoms with E-state index in [1.54, 1.807) is 12.1 Å².